The molecule has 0 spiro atoms. The zero-order valence-corrected chi connectivity index (χ0v) is 5.32. The molecular weight excluding hydrogens is 215 g/mol. The van der Waals surface area contributed by atoms with Crippen LogP contribution < -0.4 is 9.48 Å². The summed E-state index contributed by atoms with van der Waals surface area (Å²) in [5, 5.41) is 18.4. The van der Waals surface area contributed by atoms with Crippen molar-refractivity contribution in [3.63, 3.8) is 0 Å². The second-order valence-corrected chi connectivity index (χ2v) is 1.15. The van der Waals surface area contributed by atoms with E-state index in [2.05, 4.69) is 5.84 Å². The summed E-state index contributed by atoms with van der Waals surface area (Å²) < 4.78 is 2.05. The van der Waals surface area contributed by atoms with Crippen LogP contribution >= 0.6 is 22.9 Å². The summed E-state index contributed by atoms with van der Waals surface area (Å²) in [7, 11) is 0. The van der Waals surface area contributed by atoms with Crippen LogP contribution in [0.2, 0.25) is 0 Å². The molecule has 7 heavy (non-hydrogen) atoms. The number of nitrogens with one attached hydrogen (secondary N) is 1. The van der Waals surface area contributed by atoms with Crippen LogP contribution in [0.3, 0.4) is 0 Å². The minimum Gasteiger partial charge on any atom is -0.781 e. The number of hydrogen-bond donors (Lipinski definition) is 2. The van der Waals surface area contributed by atoms with Crippen molar-refractivity contribution < 1.29 is 0 Å². The quantitative estimate of drug-likeness (QED) is 0.273. The second kappa shape index (κ2) is 3.49. The lowest BCUT2D eigenvalue weighted by molar-refractivity contribution is 0.0537. The van der Waals surface area contributed by atoms with Crippen LogP contribution in [0.4, 0.5) is 0 Å². The van der Waals surface area contributed by atoms with Crippen molar-refractivity contribution in [1.82, 2.24) is 14.2 Å². The molecule has 0 aromatic carbocycles. The zero-order valence-electron chi connectivity index (χ0n) is 3.17. The summed E-state index contributed by atoms with van der Waals surface area (Å²) in [5.74, 6) is 4.63. The van der Waals surface area contributed by atoms with Crippen LogP contribution in [-0.2, 0) is 0 Å². The second-order valence-electron chi connectivity index (χ2n) is 0.667. The van der Waals surface area contributed by atoms with Crippen molar-refractivity contribution in [2.45, 2.75) is 0 Å². The molecule has 0 heterocycles. The van der Waals surface area contributed by atoms with Gasteiger partial charge >= 0.3 is 0 Å². The van der Waals surface area contributed by atoms with Crippen LogP contribution in [0, 0.1) is 10.4 Å². The summed E-state index contributed by atoms with van der Waals surface area (Å²) in [5.41, 5.74) is 0. The minimum absolute atomic E-state index is 0.251. The van der Waals surface area contributed by atoms with Gasteiger partial charge in [0.15, 0.2) is 0 Å². The third kappa shape index (κ3) is 3.11. The SMILES string of the molecule is NN(NI)N([O-])[O-]. The number of nitrogens with two attached hydrogens (primary N) is 1. The molecule has 0 radical (unpaired) electrons. The maximum atomic E-state index is 9.47. The summed E-state index contributed by atoms with van der Waals surface area (Å²) in [6.07, 6.45) is 0. The molecule has 0 aliphatic carbocycles. The Bertz CT molecular complexity index is 47.0. The van der Waals surface area contributed by atoms with Crippen molar-refractivity contribution in [3.05, 3.63) is 10.4 Å². The summed E-state index contributed by atoms with van der Waals surface area (Å²) in [4.78, 5) is 0. The first-order chi connectivity index (χ1) is 3.18. The fraction of sp³-hybridized carbons (Fsp3) is 0. The molecule has 44 valence electrons. The predicted molar refractivity (Wildman–Crippen MR) is 31.8 cm³/mol. The normalized spacial score (nSPS) is 11.1. The molecule has 0 aliphatic heterocycles. The number of halogens is 1. The average molecular weight is 218 g/mol. The predicted octanol–water partition coefficient (Wildman–Crippen LogP) is -0.771. The molecule has 0 aliphatic rings. The monoisotopic (exact) mass is 218 g/mol. The van der Waals surface area contributed by atoms with Gasteiger partial charge in [0.2, 0.25) is 0 Å². The molecule has 0 fully saturated rings. The first kappa shape index (κ1) is 7.49. The molecule has 0 aromatic rings. The lowest BCUT2D eigenvalue weighted by atomic mass is 12.2. The maximum Gasteiger partial charge on any atom is 0.0361 e. The minimum atomic E-state index is -0.785. The van der Waals surface area contributed by atoms with Crippen molar-refractivity contribution in [1.29, 1.82) is 0 Å². The topological polar surface area (TPSA) is 90.7 Å². The van der Waals surface area contributed by atoms with Crippen LogP contribution in [-0.4, -0.2) is 10.6 Å². The summed E-state index contributed by atoms with van der Waals surface area (Å²) >= 11 is 1.54. The largest absolute Gasteiger partial charge is 0.781 e. The van der Waals surface area contributed by atoms with Crippen molar-refractivity contribution >= 4 is 22.9 Å². The highest BCUT2D eigenvalue weighted by atomic mass is 127. The van der Waals surface area contributed by atoms with Gasteiger partial charge < -0.3 is 15.8 Å². The van der Waals surface area contributed by atoms with Gasteiger partial charge in [-0.1, -0.05) is 0 Å². The smallest absolute Gasteiger partial charge is 0.0361 e. The lowest BCUT2D eigenvalue weighted by Gasteiger charge is -2.40. The van der Waals surface area contributed by atoms with Gasteiger partial charge in [0.1, 0.15) is 0 Å². The highest BCUT2D eigenvalue weighted by Crippen LogP contribution is 1.79. The van der Waals surface area contributed by atoms with E-state index in [9.17, 15) is 10.4 Å². The molecule has 0 atom stereocenters. The van der Waals surface area contributed by atoms with E-state index in [0.717, 1.165) is 0 Å². The molecule has 0 bridgehead atoms. The zero-order chi connectivity index (χ0) is 5.86. The van der Waals surface area contributed by atoms with Gasteiger partial charge in [0, 0.05) is 22.9 Å². The first-order valence-corrected chi connectivity index (χ1v) is 2.31. The average Bonchev–Trinajstić information content (AvgIpc) is 1.65. The molecule has 0 rings (SSSR count). The maximum absolute atomic E-state index is 9.47. The fourth-order valence-corrected chi connectivity index (χ4v) is 0.207. The van der Waals surface area contributed by atoms with Crippen LogP contribution in [0.25, 0.3) is 0 Å². The molecular formula is H3IN4O2-2. The lowest BCUT2D eigenvalue weighted by Crippen LogP contribution is -2.45. The van der Waals surface area contributed by atoms with Gasteiger partial charge in [0.25, 0.3) is 0 Å². The highest BCUT2D eigenvalue weighted by molar-refractivity contribution is 14.1. The van der Waals surface area contributed by atoms with Crippen LogP contribution in [0.15, 0.2) is 0 Å². The summed E-state index contributed by atoms with van der Waals surface area (Å²) in [6.45, 7) is 0. The Kier molecular flexibility index (Phi) is 3.73. The van der Waals surface area contributed by atoms with E-state index in [-0.39, 0.29) is 5.23 Å². The molecule has 7 heteroatoms. The molecule has 6 nitrogen and oxygen atoms in total. The van der Waals surface area contributed by atoms with Gasteiger partial charge in [-0.15, -0.1) is 5.23 Å². The van der Waals surface area contributed by atoms with Crippen molar-refractivity contribution in [3.8, 4) is 0 Å². The Morgan fingerprint density at radius 3 is 2.00 bits per heavy atom. The van der Waals surface area contributed by atoms with E-state index in [0.29, 0.717) is 0 Å². The first-order valence-electron chi connectivity index (χ1n) is 1.24. The number of hydrogen-bond acceptors (Lipinski definition) is 6. The molecule has 0 aromatic heterocycles. The number of rotatable bonds is 2. The van der Waals surface area contributed by atoms with Crippen molar-refractivity contribution in [2.75, 3.05) is 0 Å². The van der Waals surface area contributed by atoms with E-state index in [4.69, 9.17) is 0 Å². The van der Waals surface area contributed by atoms with Gasteiger partial charge in [0.05, 0.1) is 0 Å². The van der Waals surface area contributed by atoms with E-state index >= 15 is 0 Å². The van der Waals surface area contributed by atoms with E-state index in [1.54, 1.807) is 0 Å². The Balaban J connectivity index is 3.14. The Hall–Kier alpha value is 0.490. The van der Waals surface area contributed by atoms with Crippen LogP contribution in [0.5, 0.6) is 0 Å². The molecule has 0 saturated heterocycles. The molecule has 0 unspecified atom stereocenters. The van der Waals surface area contributed by atoms with E-state index in [1.165, 1.54) is 22.9 Å². The van der Waals surface area contributed by atoms with Gasteiger partial charge in [-0.05, 0) is 0 Å². The Morgan fingerprint density at radius 1 is 1.57 bits per heavy atom. The highest BCUT2D eigenvalue weighted by Gasteiger charge is 1.80. The molecule has 3 N–H and O–H groups in total. The van der Waals surface area contributed by atoms with Gasteiger partial charge in [-0.25, -0.2) is 5.84 Å². The number of hydrazine groups is 3. The van der Waals surface area contributed by atoms with Gasteiger partial charge in [-0.2, -0.15) is 3.64 Å². The van der Waals surface area contributed by atoms with Crippen LogP contribution in [0.1, 0.15) is 0 Å². The third-order valence-corrected chi connectivity index (χ3v) is 0.757. The fourth-order valence-electron chi connectivity index (χ4n) is 0.0309. The summed E-state index contributed by atoms with van der Waals surface area (Å²) in [6, 6.07) is 0. The molecule has 0 saturated carbocycles. The molecule has 0 amide bonds. The van der Waals surface area contributed by atoms with E-state index < -0.39 is 5.34 Å². The van der Waals surface area contributed by atoms with E-state index in [1.807, 2.05) is 3.64 Å². The standard InChI is InChI=1S/H3IN4O2/c1-3-4(2)5(6)7/h3H,2H2/q-2. The number of nitrogens with zero attached hydrogens (tertiary/aromatic N) is 2. The Labute approximate surface area is 53.8 Å². The Morgan fingerprint density at radius 2 is 2.00 bits per heavy atom. The van der Waals surface area contributed by atoms with Gasteiger partial charge in [-0.3, -0.25) is 0 Å². The van der Waals surface area contributed by atoms with Crippen molar-refractivity contribution in [2.24, 2.45) is 5.84 Å². The third-order valence-electron chi connectivity index (χ3n) is 0.263.